The highest BCUT2D eigenvalue weighted by Gasteiger charge is 2.15. The summed E-state index contributed by atoms with van der Waals surface area (Å²) in [5, 5.41) is 4.95. The maximum Gasteiger partial charge on any atom is 0.354 e. The van der Waals surface area contributed by atoms with Gasteiger partial charge in [-0.05, 0) is 28.5 Å². The number of nitrogens with one attached hydrogen (secondary N) is 1. The van der Waals surface area contributed by atoms with Gasteiger partial charge in [0, 0.05) is 13.6 Å². The van der Waals surface area contributed by atoms with E-state index in [1.165, 1.54) is 19.0 Å². The van der Waals surface area contributed by atoms with Crippen LogP contribution in [0, 0.1) is 0 Å². The van der Waals surface area contributed by atoms with Crippen LogP contribution in [0.1, 0.15) is 16.1 Å². The second-order valence-corrected chi connectivity index (χ2v) is 5.40. The van der Waals surface area contributed by atoms with Gasteiger partial charge < -0.3 is 14.6 Å². The first-order valence-corrected chi connectivity index (χ1v) is 7.27. The van der Waals surface area contributed by atoms with E-state index in [0.717, 1.165) is 17.7 Å². The van der Waals surface area contributed by atoms with Crippen LogP contribution in [0.2, 0.25) is 0 Å². The molecule has 0 bridgehead atoms. The Labute approximate surface area is 125 Å². The number of rotatable bonds is 4. The minimum Gasteiger partial charge on any atom is -0.464 e. The molecule has 0 amide bonds. The number of nitrogens with zero attached hydrogens (tertiary/aromatic N) is 3. The minimum atomic E-state index is -0.417. The van der Waals surface area contributed by atoms with Gasteiger partial charge in [-0.2, -0.15) is 11.3 Å². The SMILES string of the molecule is COC(=O)c1cc2c(N(C)Cc3ccsc3)ncnc2[nH]1. The third kappa shape index (κ3) is 2.59. The molecule has 3 aromatic heterocycles. The maximum absolute atomic E-state index is 11.6. The van der Waals surface area contributed by atoms with Crippen molar-refractivity contribution in [2.75, 3.05) is 19.1 Å². The number of thiophene rings is 1. The van der Waals surface area contributed by atoms with Crippen molar-refractivity contribution in [3.63, 3.8) is 0 Å². The summed E-state index contributed by atoms with van der Waals surface area (Å²) in [6.07, 6.45) is 1.49. The molecule has 1 N–H and O–H groups in total. The summed E-state index contributed by atoms with van der Waals surface area (Å²) in [6, 6.07) is 3.80. The van der Waals surface area contributed by atoms with E-state index < -0.39 is 5.97 Å². The molecule has 0 saturated carbocycles. The number of aromatic amines is 1. The fourth-order valence-electron chi connectivity index (χ4n) is 2.18. The molecule has 3 heterocycles. The Balaban J connectivity index is 1.97. The zero-order valence-corrected chi connectivity index (χ0v) is 12.5. The van der Waals surface area contributed by atoms with Gasteiger partial charge in [-0.3, -0.25) is 0 Å². The number of anilines is 1. The number of hydrogen-bond acceptors (Lipinski definition) is 6. The summed E-state index contributed by atoms with van der Waals surface area (Å²) in [6.45, 7) is 0.744. The van der Waals surface area contributed by atoms with Crippen LogP contribution in [0.15, 0.2) is 29.2 Å². The van der Waals surface area contributed by atoms with E-state index in [4.69, 9.17) is 4.74 Å². The zero-order chi connectivity index (χ0) is 14.8. The van der Waals surface area contributed by atoms with Crippen molar-refractivity contribution in [3.8, 4) is 0 Å². The standard InChI is InChI=1S/C14H14N4O2S/c1-18(6-9-3-4-21-7-9)13-10-5-11(14(19)20-2)17-12(10)15-8-16-13/h3-5,7-8H,6H2,1-2H3,(H,15,16,17). The number of carbonyl (C=O) groups is 1. The van der Waals surface area contributed by atoms with Crippen molar-refractivity contribution >= 4 is 34.2 Å². The molecule has 108 valence electrons. The summed E-state index contributed by atoms with van der Waals surface area (Å²) >= 11 is 1.66. The molecular weight excluding hydrogens is 288 g/mol. The first kappa shape index (κ1) is 13.6. The lowest BCUT2D eigenvalue weighted by Gasteiger charge is -2.17. The molecule has 6 nitrogen and oxygen atoms in total. The molecule has 3 rings (SSSR count). The van der Waals surface area contributed by atoms with Crippen LogP contribution in [0.5, 0.6) is 0 Å². The molecule has 0 spiro atoms. The Hall–Kier alpha value is -2.41. The van der Waals surface area contributed by atoms with Gasteiger partial charge >= 0.3 is 5.97 Å². The topological polar surface area (TPSA) is 71.1 Å². The lowest BCUT2D eigenvalue weighted by atomic mass is 10.3. The van der Waals surface area contributed by atoms with E-state index >= 15 is 0 Å². The van der Waals surface area contributed by atoms with Crippen LogP contribution in [0.4, 0.5) is 5.82 Å². The van der Waals surface area contributed by atoms with E-state index in [9.17, 15) is 4.79 Å². The fraction of sp³-hybridized carbons (Fsp3) is 0.214. The van der Waals surface area contributed by atoms with E-state index in [1.807, 2.05) is 17.3 Å². The highest BCUT2D eigenvalue weighted by Crippen LogP contribution is 2.24. The first-order valence-electron chi connectivity index (χ1n) is 6.33. The number of carbonyl (C=O) groups excluding carboxylic acids is 1. The molecule has 0 aliphatic carbocycles. The van der Waals surface area contributed by atoms with Crippen molar-refractivity contribution in [3.05, 3.63) is 40.5 Å². The molecule has 0 fully saturated rings. The normalized spacial score (nSPS) is 10.8. The predicted molar refractivity (Wildman–Crippen MR) is 81.7 cm³/mol. The molecule has 21 heavy (non-hydrogen) atoms. The quantitative estimate of drug-likeness (QED) is 0.750. The van der Waals surface area contributed by atoms with Crippen LogP contribution in [-0.2, 0) is 11.3 Å². The number of H-pyrrole nitrogens is 1. The number of aromatic nitrogens is 3. The molecule has 0 aliphatic rings. The third-order valence-corrected chi connectivity index (χ3v) is 3.90. The van der Waals surface area contributed by atoms with Crippen molar-refractivity contribution in [2.24, 2.45) is 0 Å². The molecular formula is C14H14N4O2S. The minimum absolute atomic E-state index is 0.373. The van der Waals surface area contributed by atoms with E-state index in [2.05, 4.69) is 26.4 Å². The smallest absolute Gasteiger partial charge is 0.354 e. The van der Waals surface area contributed by atoms with Gasteiger partial charge in [-0.15, -0.1) is 0 Å². The van der Waals surface area contributed by atoms with E-state index in [1.54, 1.807) is 17.4 Å². The predicted octanol–water partition coefficient (Wildman–Crippen LogP) is 2.44. The van der Waals surface area contributed by atoms with Gasteiger partial charge in [-0.1, -0.05) is 0 Å². The Morgan fingerprint density at radius 1 is 1.48 bits per heavy atom. The number of methoxy groups -OCH3 is 1. The number of esters is 1. The second kappa shape index (κ2) is 5.53. The van der Waals surface area contributed by atoms with Crippen molar-refractivity contribution in [1.29, 1.82) is 0 Å². The van der Waals surface area contributed by atoms with Gasteiger partial charge in [0.2, 0.25) is 0 Å². The van der Waals surface area contributed by atoms with Gasteiger partial charge in [0.25, 0.3) is 0 Å². The Morgan fingerprint density at radius 3 is 3.05 bits per heavy atom. The van der Waals surface area contributed by atoms with Crippen LogP contribution < -0.4 is 4.90 Å². The van der Waals surface area contributed by atoms with Gasteiger partial charge in [0.1, 0.15) is 23.5 Å². The summed E-state index contributed by atoms with van der Waals surface area (Å²) < 4.78 is 4.72. The molecule has 7 heteroatoms. The molecule has 0 radical (unpaired) electrons. The van der Waals surface area contributed by atoms with Crippen LogP contribution >= 0.6 is 11.3 Å². The Morgan fingerprint density at radius 2 is 2.33 bits per heavy atom. The largest absolute Gasteiger partial charge is 0.464 e. The molecule has 0 atom stereocenters. The van der Waals surface area contributed by atoms with Gasteiger partial charge in [-0.25, -0.2) is 14.8 Å². The molecule has 0 saturated heterocycles. The third-order valence-electron chi connectivity index (χ3n) is 3.17. The Kier molecular flexibility index (Phi) is 3.57. The number of ether oxygens (including phenoxy) is 1. The molecule has 0 aliphatic heterocycles. The maximum atomic E-state index is 11.6. The monoisotopic (exact) mass is 302 g/mol. The number of hydrogen-bond donors (Lipinski definition) is 1. The summed E-state index contributed by atoms with van der Waals surface area (Å²) in [5.41, 5.74) is 2.22. The first-order chi connectivity index (χ1) is 10.2. The average Bonchev–Trinajstić information content (AvgIpc) is 3.14. The van der Waals surface area contributed by atoms with Gasteiger partial charge in [0.15, 0.2) is 0 Å². The van der Waals surface area contributed by atoms with Crippen molar-refractivity contribution in [2.45, 2.75) is 6.54 Å². The van der Waals surface area contributed by atoms with E-state index in [-0.39, 0.29) is 0 Å². The number of fused-ring (bicyclic) bond motifs is 1. The highest BCUT2D eigenvalue weighted by atomic mass is 32.1. The summed E-state index contributed by atoms with van der Waals surface area (Å²) in [5.74, 6) is 0.358. The van der Waals surface area contributed by atoms with Crippen LogP contribution in [-0.4, -0.2) is 35.1 Å². The Bertz CT molecular complexity index is 766. The van der Waals surface area contributed by atoms with Crippen LogP contribution in [0.25, 0.3) is 11.0 Å². The second-order valence-electron chi connectivity index (χ2n) is 4.62. The van der Waals surface area contributed by atoms with Crippen molar-refractivity contribution < 1.29 is 9.53 Å². The molecule has 0 aromatic carbocycles. The summed E-state index contributed by atoms with van der Waals surface area (Å²) in [4.78, 5) is 25.1. The fourth-order valence-corrected chi connectivity index (χ4v) is 2.84. The molecule has 3 aromatic rings. The van der Waals surface area contributed by atoms with Gasteiger partial charge in [0.05, 0.1) is 12.5 Å². The lowest BCUT2D eigenvalue weighted by Crippen LogP contribution is -2.17. The summed E-state index contributed by atoms with van der Waals surface area (Å²) in [7, 11) is 3.31. The van der Waals surface area contributed by atoms with Crippen LogP contribution in [0.3, 0.4) is 0 Å². The van der Waals surface area contributed by atoms with Crippen molar-refractivity contribution in [1.82, 2.24) is 15.0 Å². The zero-order valence-electron chi connectivity index (χ0n) is 11.7. The van der Waals surface area contributed by atoms with E-state index in [0.29, 0.717) is 11.3 Å². The highest BCUT2D eigenvalue weighted by molar-refractivity contribution is 7.07. The average molecular weight is 302 g/mol. The molecule has 0 unspecified atom stereocenters. The lowest BCUT2D eigenvalue weighted by molar-refractivity contribution is 0.0595.